The van der Waals surface area contributed by atoms with Gasteiger partial charge in [-0.1, -0.05) is 25.1 Å². The molecule has 2 heteroatoms. The molecule has 0 bridgehead atoms. The molecule has 2 N–H and O–H groups in total. The lowest BCUT2D eigenvalue weighted by atomic mass is 9.79. The Morgan fingerprint density at radius 2 is 2.27 bits per heavy atom. The van der Waals surface area contributed by atoms with Gasteiger partial charge >= 0.3 is 0 Å². The van der Waals surface area contributed by atoms with Crippen LogP contribution < -0.4 is 10.5 Å². The minimum absolute atomic E-state index is 0.0453. The third kappa shape index (κ3) is 2.60. The zero-order valence-electron chi connectivity index (χ0n) is 9.49. The van der Waals surface area contributed by atoms with Crippen LogP contribution in [-0.2, 0) is 5.41 Å². The zero-order chi connectivity index (χ0) is 11.3. The maximum absolute atomic E-state index is 5.83. The molecule has 0 spiro atoms. The Labute approximate surface area is 91.7 Å². The number of hydrogen-bond acceptors (Lipinski definition) is 2. The van der Waals surface area contributed by atoms with Gasteiger partial charge in [0.2, 0.25) is 0 Å². The molecule has 15 heavy (non-hydrogen) atoms. The largest absolute Gasteiger partial charge is 0.497 e. The van der Waals surface area contributed by atoms with E-state index in [1.165, 1.54) is 5.56 Å². The van der Waals surface area contributed by atoms with E-state index in [0.717, 1.165) is 12.2 Å². The number of nitrogens with two attached hydrogens (primary N) is 1. The van der Waals surface area contributed by atoms with Gasteiger partial charge in [-0.25, -0.2) is 0 Å². The highest BCUT2D eigenvalue weighted by Gasteiger charge is 2.23. The Morgan fingerprint density at radius 1 is 1.53 bits per heavy atom. The van der Waals surface area contributed by atoms with Crippen LogP contribution in [0.1, 0.15) is 18.9 Å². The van der Waals surface area contributed by atoms with E-state index in [4.69, 9.17) is 10.5 Å². The average molecular weight is 205 g/mol. The number of hydrogen-bond donors (Lipinski definition) is 1. The second-order valence-electron chi connectivity index (χ2n) is 3.99. The van der Waals surface area contributed by atoms with Crippen molar-refractivity contribution in [1.29, 1.82) is 0 Å². The summed E-state index contributed by atoms with van der Waals surface area (Å²) in [6.07, 6.45) is 2.78. The number of benzene rings is 1. The summed E-state index contributed by atoms with van der Waals surface area (Å²) in [5, 5.41) is 0. The molecule has 0 fully saturated rings. The molecule has 1 unspecified atom stereocenters. The molecule has 0 saturated carbocycles. The van der Waals surface area contributed by atoms with E-state index in [2.05, 4.69) is 19.6 Å². The molecule has 1 atom stereocenters. The first-order chi connectivity index (χ1) is 7.16. The summed E-state index contributed by atoms with van der Waals surface area (Å²) >= 11 is 0. The van der Waals surface area contributed by atoms with Gasteiger partial charge in [0.25, 0.3) is 0 Å². The zero-order valence-corrected chi connectivity index (χ0v) is 9.49. The van der Waals surface area contributed by atoms with Gasteiger partial charge in [-0.2, -0.15) is 0 Å². The molecule has 0 amide bonds. The molecule has 1 rings (SSSR count). The minimum Gasteiger partial charge on any atom is -0.497 e. The maximum Gasteiger partial charge on any atom is 0.119 e. The van der Waals surface area contributed by atoms with Crippen molar-refractivity contribution in [2.24, 2.45) is 5.73 Å². The number of allylic oxidation sites excluding steroid dienone is 1. The van der Waals surface area contributed by atoms with Crippen LogP contribution >= 0.6 is 0 Å². The highest BCUT2D eigenvalue weighted by atomic mass is 16.5. The van der Waals surface area contributed by atoms with E-state index in [9.17, 15) is 0 Å². The van der Waals surface area contributed by atoms with Crippen molar-refractivity contribution < 1.29 is 4.74 Å². The molecule has 0 aromatic heterocycles. The van der Waals surface area contributed by atoms with Crippen molar-refractivity contribution in [3.05, 3.63) is 42.5 Å². The number of methoxy groups -OCH3 is 1. The van der Waals surface area contributed by atoms with E-state index >= 15 is 0 Å². The molecule has 2 nitrogen and oxygen atoms in total. The molecular weight excluding hydrogens is 186 g/mol. The van der Waals surface area contributed by atoms with Crippen LogP contribution in [0.5, 0.6) is 5.75 Å². The Hall–Kier alpha value is -1.28. The molecule has 0 aliphatic heterocycles. The first-order valence-corrected chi connectivity index (χ1v) is 5.12. The van der Waals surface area contributed by atoms with Crippen LogP contribution in [0.15, 0.2) is 36.9 Å². The van der Waals surface area contributed by atoms with Gasteiger partial charge < -0.3 is 10.5 Å². The third-order valence-corrected chi connectivity index (χ3v) is 2.81. The van der Waals surface area contributed by atoms with Gasteiger partial charge in [-0.15, -0.1) is 6.58 Å². The normalized spacial score (nSPS) is 14.3. The smallest absolute Gasteiger partial charge is 0.119 e. The Bertz CT molecular complexity index is 335. The molecule has 0 radical (unpaired) electrons. The fraction of sp³-hybridized carbons (Fsp3) is 0.385. The van der Waals surface area contributed by atoms with Crippen LogP contribution in [0.25, 0.3) is 0 Å². The fourth-order valence-corrected chi connectivity index (χ4v) is 1.64. The summed E-state index contributed by atoms with van der Waals surface area (Å²) in [7, 11) is 1.67. The van der Waals surface area contributed by atoms with Crippen molar-refractivity contribution in [3.8, 4) is 5.75 Å². The Kier molecular flexibility index (Phi) is 3.92. The first kappa shape index (κ1) is 11.8. The summed E-state index contributed by atoms with van der Waals surface area (Å²) in [4.78, 5) is 0. The number of ether oxygens (including phenoxy) is 1. The van der Waals surface area contributed by atoms with Crippen molar-refractivity contribution >= 4 is 0 Å². The van der Waals surface area contributed by atoms with Gasteiger partial charge in [0.05, 0.1) is 7.11 Å². The van der Waals surface area contributed by atoms with Gasteiger partial charge in [0.15, 0.2) is 0 Å². The SMILES string of the molecule is C=CCC(C)(CN)c1cccc(OC)c1. The third-order valence-electron chi connectivity index (χ3n) is 2.81. The molecule has 82 valence electrons. The summed E-state index contributed by atoms with van der Waals surface area (Å²) in [5.41, 5.74) is 6.98. The lowest BCUT2D eigenvalue weighted by Crippen LogP contribution is -2.31. The van der Waals surface area contributed by atoms with E-state index in [0.29, 0.717) is 6.54 Å². The van der Waals surface area contributed by atoms with Gasteiger partial charge in [-0.3, -0.25) is 0 Å². The lowest BCUT2D eigenvalue weighted by Gasteiger charge is -2.27. The van der Waals surface area contributed by atoms with Crippen LogP contribution in [0.3, 0.4) is 0 Å². The van der Waals surface area contributed by atoms with E-state index in [1.54, 1.807) is 7.11 Å². The second-order valence-corrected chi connectivity index (χ2v) is 3.99. The standard InChI is InChI=1S/C13H19NO/c1-4-8-13(2,10-14)11-6-5-7-12(9-11)15-3/h4-7,9H,1,8,10,14H2,2-3H3. The Balaban J connectivity index is 3.05. The van der Waals surface area contributed by atoms with E-state index < -0.39 is 0 Å². The van der Waals surface area contributed by atoms with Crippen molar-refractivity contribution in [3.63, 3.8) is 0 Å². The highest BCUT2D eigenvalue weighted by molar-refractivity contribution is 5.34. The van der Waals surface area contributed by atoms with Crippen LogP contribution in [-0.4, -0.2) is 13.7 Å². The molecule has 1 aromatic rings. The maximum atomic E-state index is 5.83. The predicted octanol–water partition coefficient (Wildman–Crippen LogP) is 2.49. The topological polar surface area (TPSA) is 35.2 Å². The second kappa shape index (κ2) is 4.99. The number of rotatable bonds is 5. The molecule has 0 aliphatic carbocycles. The van der Waals surface area contributed by atoms with Gasteiger partial charge in [0, 0.05) is 12.0 Å². The van der Waals surface area contributed by atoms with Crippen LogP contribution in [0, 0.1) is 0 Å². The molecular formula is C13H19NO. The van der Waals surface area contributed by atoms with E-state index in [-0.39, 0.29) is 5.41 Å². The molecule has 1 aromatic carbocycles. The van der Waals surface area contributed by atoms with Crippen molar-refractivity contribution in [2.45, 2.75) is 18.8 Å². The van der Waals surface area contributed by atoms with Crippen molar-refractivity contribution in [1.82, 2.24) is 0 Å². The summed E-state index contributed by atoms with van der Waals surface area (Å²) in [6, 6.07) is 8.05. The van der Waals surface area contributed by atoms with Crippen molar-refractivity contribution in [2.75, 3.05) is 13.7 Å². The highest BCUT2D eigenvalue weighted by Crippen LogP contribution is 2.29. The summed E-state index contributed by atoms with van der Waals surface area (Å²) in [5.74, 6) is 0.872. The fourth-order valence-electron chi connectivity index (χ4n) is 1.64. The molecule has 0 saturated heterocycles. The molecule has 0 aliphatic rings. The summed E-state index contributed by atoms with van der Waals surface area (Å²) in [6.45, 7) is 6.52. The lowest BCUT2D eigenvalue weighted by molar-refractivity contribution is 0.410. The van der Waals surface area contributed by atoms with E-state index in [1.807, 2.05) is 24.3 Å². The van der Waals surface area contributed by atoms with Gasteiger partial charge in [0.1, 0.15) is 5.75 Å². The quantitative estimate of drug-likeness (QED) is 0.749. The van der Waals surface area contributed by atoms with Gasteiger partial charge in [-0.05, 0) is 24.1 Å². The first-order valence-electron chi connectivity index (χ1n) is 5.12. The van der Waals surface area contributed by atoms with Crippen LogP contribution in [0.2, 0.25) is 0 Å². The Morgan fingerprint density at radius 3 is 2.80 bits per heavy atom. The summed E-state index contributed by atoms with van der Waals surface area (Å²) < 4.78 is 5.21. The molecule has 0 heterocycles. The minimum atomic E-state index is -0.0453. The monoisotopic (exact) mass is 205 g/mol. The predicted molar refractivity (Wildman–Crippen MR) is 64.2 cm³/mol. The average Bonchev–Trinajstić information content (AvgIpc) is 2.29. The van der Waals surface area contributed by atoms with Crippen LogP contribution in [0.4, 0.5) is 0 Å².